The molecule has 1 heterocycles. The van der Waals surface area contributed by atoms with Crippen molar-refractivity contribution in [2.75, 3.05) is 6.61 Å². The molecule has 146 valence electrons. The Hall–Kier alpha value is -3.08. The van der Waals surface area contributed by atoms with Crippen molar-refractivity contribution in [2.45, 2.75) is 33.1 Å². The van der Waals surface area contributed by atoms with E-state index < -0.39 is 5.97 Å². The lowest BCUT2D eigenvalue weighted by molar-refractivity contribution is -0.141. The molecule has 0 aliphatic carbocycles. The molecule has 3 rings (SSSR count). The molecule has 5 nitrogen and oxygen atoms in total. The molecule has 2 aromatic carbocycles. The number of aryl methyl sites for hydroxylation is 1. The lowest BCUT2D eigenvalue weighted by atomic mass is 9.97. The third-order valence-corrected chi connectivity index (χ3v) is 4.77. The molecule has 1 N–H and O–H groups in total. The summed E-state index contributed by atoms with van der Waals surface area (Å²) in [5, 5.41) is 9.17. The minimum atomic E-state index is -0.749. The van der Waals surface area contributed by atoms with Gasteiger partial charge in [-0.1, -0.05) is 37.3 Å². The van der Waals surface area contributed by atoms with Crippen molar-refractivity contribution < 1.29 is 19.1 Å². The molecular weight excluding hydrogens is 354 g/mol. The summed E-state index contributed by atoms with van der Waals surface area (Å²) >= 11 is 0. The van der Waals surface area contributed by atoms with E-state index in [0.29, 0.717) is 31.8 Å². The van der Waals surface area contributed by atoms with E-state index in [1.54, 1.807) is 0 Å². The molecule has 1 aromatic heterocycles. The number of rotatable bonds is 9. The van der Waals surface area contributed by atoms with Gasteiger partial charge in [-0.05, 0) is 49.6 Å². The van der Waals surface area contributed by atoms with Gasteiger partial charge in [-0.3, -0.25) is 4.79 Å². The van der Waals surface area contributed by atoms with Crippen molar-refractivity contribution in [3.63, 3.8) is 0 Å². The summed E-state index contributed by atoms with van der Waals surface area (Å²) in [7, 11) is 0. The Labute approximate surface area is 165 Å². The molecule has 0 bridgehead atoms. The van der Waals surface area contributed by atoms with Gasteiger partial charge in [0.1, 0.15) is 11.5 Å². The van der Waals surface area contributed by atoms with Crippen molar-refractivity contribution in [1.82, 2.24) is 4.98 Å². The Kier molecular flexibility index (Phi) is 6.48. The highest BCUT2D eigenvalue weighted by Crippen LogP contribution is 2.22. The van der Waals surface area contributed by atoms with E-state index in [1.165, 1.54) is 0 Å². The van der Waals surface area contributed by atoms with Crippen LogP contribution in [-0.4, -0.2) is 22.7 Å². The van der Waals surface area contributed by atoms with Crippen LogP contribution in [0.1, 0.15) is 30.4 Å². The quantitative estimate of drug-likeness (QED) is 0.571. The molecule has 0 spiro atoms. The van der Waals surface area contributed by atoms with E-state index >= 15 is 0 Å². The van der Waals surface area contributed by atoms with Crippen LogP contribution in [0, 0.1) is 12.8 Å². The van der Waals surface area contributed by atoms with Crippen LogP contribution in [-0.2, 0) is 17.6 Å². The highest BCUT2D eigenvalue weighted by atomic mass is 16.5. The van der Waals surface area contributed by atoms with Crippen LogP contribution in [0.5, 0.6) is 5.75 Å². The van der Waals surface area contributed by atoms with Crippen LogP contribution in [0.3, 0.4) is 0 Å². The maximum absolute atomic E-state index is 11.2. The minimum absolute atomic E-state index is 0.347. The zero-order valence-corrected chi connectivity index (χ0v) is 16.2. The highest BCUT2D eigenvalue weighted by Gasteiger charge is 2.15. The van der Waals surface area contributed by atoms with Crippen molar-refractivity contribution in [2.24, 2.45) is 5.92 Å². The molecular formula is C23H25NO4. The second kappa shape index (κ2) is 9.22. The number of hydrogen-bond donors (Lipinski definition) is 1. The van der Waals surface area contributed by atoms with E-state index in [1.807, 2.05) is 68.4 Å². The van der Waals surface area contributed by atoms with Crippen molar-refractivity contribution in [3.05, 3.63) is 71.6 Å². The van der Waals surface area contributed by atoms with Crippen LogP contribution < -0.4 is 4.74 Å². The molecule has 0 amide bonds. The number of aliphatic carboxylic acids is 1. The molecule has 28 heavy (non-hydrogen) atoms. The molecule has 0 aliphatic rings. The first kappa shape index (κ1) is 19.7. The van der Waals surface area contributed by atoms with Gasteiger partial charge in [0, 0.05) is 12.0 Å². The normalized spacial score (nSPS) is 11.9. The first-order valence-electron chi connectivity index (χ1n) is 9.53. The monoisotopic (exact) mass is 379 g/mol. The van der Waals surface area contributed by atoms with Gasteiger partial charge in [-0.2, -0.15) is 0 Å². The van der Waals surface area contributed by atoms with E-state index in [-0.39, 0.29) is 5.92 Å². The summed E-state index contributed by atoms with van der Waals surface area (Å²) in [5.74, 6) is 1.09. The smallest absolute Gasteiger partial charge is 0.306 e. The maximum atomic E-state index is 11.2. The minimum Gasteiger partial charge on any atom is -0.493 e. The molecule has 0 aliphatic heterocycles. The van der Waals surface area contributed by atoms with E-state index in [2.05, 4.69) is 4.98 Å². The Morgan fingerprint density at radius 3 is 2.50 bits per heavy atom. The molecule has 3 aromatic rings. The molecule has 0 fully saturated rings. The van der Waals surface area contributed by atoms with Crippen LogP contribution in [0.4, 0.5) is 0 Å². The zero-order valence-electron chi connectivity index (χ0n) is 16.2. The van der Waals surface area contributed by atoms with Crippen molar-refractivity contribution >= 4 is 5.97 Å². The number of nitrogens with zero attached hydrogens (tertiary/aromatic N) is 1. The van der Waals surface area contributed by atoms with Crippen molar-refractivity contribution in [1.29, 1.82) is 0 Å². The van der Waals surface area contributed by atoms with Gasteiger partial charge in [0.05, 0.1) is 18.2 Å². The topological polar surface area (TPSA) is 72.6 Å². The Morgan fingerprint density at radius 2 is 1.86 bits per heavy atom. The number of carboxylic acid groups (broad SMARTS) is 1. The summed E-state index contributed by atoms with van der Waals surface area (Å²) in [6, 6.07) is 17.4. The van der Waals surface area contributed by atoms with Gasteiger partial charge in [-0.25, -0.2) is 4.98 Å². The fraction of sp³-hybridized carbons (Fsp3) is 0.304. The molecule has 0 saturated heterocycles. The van der Waals surface area contributed by atoms with Gasteiger partial charge in [0.25, 0.3) is 0 Å². The van der Waals surface area contributed by atoms with Gasteiger partial charge in [0.2, 0.25) is 5.89 Å². The molecule has 0 saturated carbocycles. The Balaban J connectivity index is 1.54. The Bertz CT molecular complexity index is 900. The fourth-order valence-corrected chi connectivity index (χ4v) is 3.04. The summed E-state index contributed by atoms with van der Waals surface area (Å²) in [4.78, 5) is 15.7. The van der Waals surface area contributed by atoms with E-state index in [9.17, 15) is 9.90 Å². The Morgan fingerprint density at radius 1 is 1.14 bits per heavy atom. The summed E-state index contributed by atoms with van der Waals surface area (Å²) < 4.78 is 11.6. The van der Waals surface area contributed by atoms with E-state index in [4.69, 9.17) is 9.15 Å². The highest BCUT2D eigenvalue weighted by molar-refractivity contribution is 5.70. The molecule has 1 unspecified atom stereocenters. The maximum Gasteiger partial charge on any atom is 0.306 e. The molecule has 5 heteroatoms. The lowest BCUT2D eigenvalue weighted by Crippen LogP contribution is -2.15. The van der Waals surface area contributed by atoms with Gasteiger partial charge in [-0.15, -0.1) is 0 Å². The van der Waals surface area contributed by atoms with Crippen LogP contribution >= 0.6 is 0 Å². The van der Waals surface area contributed by atoms with Gasteiger partial charge < -0.3 is 14.3 Å². The first-order chi connectivity index (χ1) is 13.6. The van der Waals surface area contributed by atoms with Crippen molar-refractivity contribution in [3.8, 4) is 17.2 Å². The number of aromatic nitrogens is 1. The van der Waals surface area contributed by atoms with Gasteiger partial charge >= 0.3 is 5.97 Å². The van der Waals surface area contributed by atoms with Crippen LogP contribution in [0.2, 0.25) is 0 Å². The average Bonchev–Trinajstić information content (AvgIpc) is 3.08. The molecule has 0 radical (unpaired) electrons. The lowest BCUT2D eigenvalue weighted by Gasteiger charge is -2.10. The third kappa shape index (κ3) is 5.00. The summed E-state index contributed by atoms with van der Waals surface area (Å²) in [6.07, 6.45) is 1.81. The van der Waals surface area contributed by atoms with E-state index in [0.717, 1.165) is 28.3 Å². The van der Waals surface area contributed by atoms with Crippen LogP contribution in [0.25, 0.3) is 11.5 Å². The summed E-state index contributed by atoms with van der Waals surface area (Å²) in [6.45, 7) is 4.30. The number of carbonyl (C=O) groups is 1. The fourth-order valence-electron chi connectivity index (χ4n) is 3.04. The largest absolute Gasteiger partial charge is 0.493 e. The second-order valence-corrected chi connectivity index (χ2v) is 6.78. The van der Waals surface area contributed by atoms with Crippen LogP contribution in [0.15, 0.2) is 59.0 Å². The number of hydrogen-bond acceptors (Lipinski definition) is 4. The zero-order chi connectivity index (χ0) is 19.9. The molecule has 1 atom stereocenters. The standard InChI is InChI=1S/C23H25NO4/c1-3-18(23(25)26)15-17-9-11-20(12-10-17)27-14-13-21-16(2)28-22(24-21)19-7-5-4-6-8-19/h4-12,18H,3,13-15H2,1-2H3,(H,25,26). The number of carboxylic acids is 1. The first-order valence-corrected chi connectivity index (χ1v) is 9.53. The third-order valence-electron chi connectivity index (χ3n) is 4.77. The predicted octanol–water partition coefficient (Wildman–Crippen LogP) is 4.92. The predicted molar refractivity (Wildman–Crippen MR) is 107 cm³/mol. The summed E-state index contributed by atoms with van der Waals surface area (Å²) in [5.41, 5.74) is 2.85. The number of oxazole rings is 1. The van der Waals surface area contributed by atoms with Gasteiger partial charge in [0.15, 0.2) is 0 Å². The SMILES string of the molecule is CCC(Cc1ccc(OCCc2nc(-c3ccccc3)oc2C)cc1)C(=O)O. The number of benzene rings is 2. The second-order valence-electron chi connectivity index (χ2n) is 6.78. The number of ether oxygens (including phenoxy) is 1. The average molecular weight is 379 g/mol.